The average molecular weight is 499 g/mol. The number of nitrogens with one attached hydrogen (secondary N) is 2. The van der Waals surface area contributed by atoms with Crippen LogP contribution in [0.2, 0.25) is 0 Å². The molecule has 0 saturated heterocycles. The average Bonchev–Trinajstić information content (AvgIpc) is 3.39. The summed E-state index contributed by atoms with van der Waals surface area (Å²) in [4.78, 5) is 10.8. The van der Waals surface area contributed by atoms with E-state index in [1.54, 1.807) is 11.7 Å². The van der Waals surface area contributed by atoms with Crippen molar-refractivity contribution in [1.29, 1.82) is 0 Å². The molecule has 0 spiro atoms. The molecule has 0 aliphatic rings. The highest BCUT2D eigenvalue weighted by Crippen LogP contribution is 2.36. The van der Waals surface area contributed by atoms with E-state index in [-0.39, 0.29) is 22.4 Å². The van der Waals surface area contributed by atoms with Gasteiger partial charge in [0, 0.05) is 43.9 Å². The lowest BCUT2D eigenvalue weighted by Gasteiger charge is -2.23. The van der Waals surface area contributed by atoms with Gasteiger partial charge in [0.15, 0.2) is 15.7 Å². The van der Waals surface area contributed by atoms with Crippen LogP contribution in [0.4, 0.5) is 27.7 Å². The normalized spacial score (nSPS) is 11.8. The molecule has 0 radical (unpaired) electrons. The lowest BCUT2D eigenvalue weighted by atomic mass is 10.00. The number of halogens is 1. The van der Waals surface area contributed by atoms with E-state index >= 15 is 0 Å². The van der Waals surface area contributed by atoms with Crippen LogP contribution in [0.15, 0.2) is 41.4 Å². The smallest absolute Gasteiger partial charge is 0.232 e. The molecular weight excluding hydrogens is 471 g/mol. The molecule has 0 amide bonds. The SMILES string of the molecule is Cc1cc(Nc2nc(N(C)c3ccc(S(C)(=O)=O)cc3F)nc(-c3ccn(C)n3)c2C(C)C)n[nH]1. The Morgan fingerprint density at radius 2 is 1.91 bits per heavy atom. The summed E-state index contributed by atoms with van der Waals surface area (Å²) in [5.41, 5.74) is 3.07. The van der Waals surface area contributed by atoms with Crippen molar-refractivity contribution in [3.63, 3.8) is 0 Å². The van der Waals surface area contributed by atoms with E-state index < -0.39 is 15.7 Å². The quantitative estimate of drug-likeness (QED) is 0.391. The molecule has 184 valence electrons. The Hall–Kier alpha value is -3.80. The first-order chi connectivity index (χ1) is 16.4. The third kappa shape index (κ3) is 5.02. The third-order valence-corrected chi connectivity index (χ3v) is 6.54. The van der Waals surface area contributed by atoms with Crippen molar-refractivity contribution in [2.75, 3.05) is 23.5 Å². The molecule has 0 fully saturated rings. The molecule has 2 N–H and O–H groups in total. The minimum absolute atomic E-state index is 0.0275. The number of aryl methyl sites for hydroxylation is 2. The van der Waals surface area contributed by atoms with Gasteiger partial charge in [-0.25, -0.2) is 17.8 Å². The standard InChI is InChI=1S/C23H27FN8O2S/c1-13(2)20-21(17-9-10-31(4)30-17)26-23(27-22(20)25-19-11-14(3)28-29-19)32(5)18-8-7-15(12-16(18)24)35(6,33)34/h7-13H,1-6H3,(H2,25,26,27,28,29). The van der Waals surface area contributed by atoms with E-state index in [9.17, 15) is 12.8 Å². The lowest BCUT2D eigenvalue weighted by molar-refractivity contribution is 0.596. The van der Waals surface area contributed by atoms with E-state index in [0.717, 1.165) is 23.6 Å². The van der Waals surface area contributed by atoms with E-state index in [1.807, 2.05) is 46.1 Å². The topological polar surface area (TPSA) is 122 Å². The first-order valence-corrected chi connectivity index (χ1v) is 12.8. The Kier molecular flexibility index (Phi) is 6.32. The van der Waals surface area contributed by atoms with Crippen LogP contribution in [-0.4, -0.2) is 51.7 Å². The molecule has 0 aliphatic heterocycles. The maximum absolute atomic E-state index is 15.0. The maximum Gasteiger partial charge on any atom is 0.232 e. The van der Waals surface area contributed by atoms with Crippen LogP contribution in [-0.2, 0) is 16.9 Å². The molecule has 4 rings (SSSR count). The monoisotopic (exact) mass is 498 g/mol. The molecule has 3 aromatic heterocycles. The highest BCUT2D eigenvalue weighted by atomic mass is 32.2. The summed E-state index contributed by atoms with van der Waals surface area (Å²) in [5.74, 6) is 0.615. The van der Waals surface area contributed by atoms with Gasteiger partial charge in [0.05, 0.1) is 10.6 Å². The number of H-pyrrole nitrogens is 1. The summed E-state index contributed by atoms with van der Waals surface area (Å²) in [7, 11) is -0.112. The second-order valence-corrected chi connectivity index (χ2v) is 10.7. The lowest BCUT2D eigenvalue weighted by Crippen LogP contribution is -2.18. The van der Waals surface area contributed by atoms with Gasteiger partial charge in [0.1, 0.15) is 23.0 Å². The number of hydrogen-bond donors (Lipinski definition) is 2. The summed E-state index contributed by atoms with van der Waals surface area (Å²) in [6, 6.07) is 7.45. The predicted molar refractivity (Wildman–Crippen MR) is 133 cm³/mol. The van der Waals surface area contributed by atoms with Crippen molar-refractivity contribution >= 4 is 33.1 Å². The van der Waals surface area contributed by atoms with Crippen molar-refractivity contribution in [2.24, 2.45) is 7.05 Å². The second-order valence-electron chi connectivity index (χ2n) is 8.67. The summed E-state index contributed by atoms with van der Waals surface area (Å²) in [5, 5.41) is 14.9. The van der Waals surface area contributed by atoms with Gasteiger partial charge in [-0.2, -0.15) is 15.2 Å². The van der Waals surface area contributed by atoms with Gasteiger partial charge in [-0.3, -0.25) is 9.78 Å². The van der Waals surface area contributed by atoms with Crippen LogP contribution in [0.3, 0.4) is 0 Å². The molecule has 10 nitrogen and oxygen atoms in total. The molecule has 3 heterocycles. The maximum atomic E-state index is 15.0. The van der Waals surface area contributed by atoms with Crippen LogP contribution in [0, 0.1) is 12.7 Å². The molecular formula is C23H27FN8O2S. The first-order valence-electron chi connectivity index (χ1n) is 10.9. The van der Waals surface area contributed by atoms with E-state index in [0.29, 0.717) is 23.0 Å². The molecule has 12 heteroatoms. The number of rotatable bonds is 7. The van der Waals surface area contributed by atoms with E-state index in [1.165, 1.54) is 17.0 Å². The van der Waals surface area contributed by atoms with Crippen molar-refractivity contribution in [3.8, 4) is 11.4 Å². The number of hydrogen-bond acceptors (Lipinski definition) is 8. The van der Waals surface area contributed by atoms with Gasteiger partial charge in [0.2, 0.25) is 5.95 Å². The minimum Gasteiger partial charge on any atom is -0.323 e. The fraction of sp³-hybridized carbons (Fsp3) is 0.304. The van der Waals surface area contributed by atoms with Crippen LogP contribution in [0.1, 0.15) is 31.0 Å². The van der Waals surface area contributed by atoms with Crippen LogP contribution >= 0.6 is 0 Å². The largest absolute Gasteiger partial charge is 0.323 e. The minimum atomic E-state index is -3.55. The van der Waals surface area contributed by atoms with Gasteiger partial charge in [-0.1, -0.05) is 13.8 Å². The molecule has 0 aliphatic carbocycles. The predicted octanol–water partition coefficient (Wildman–Crippen LogP) is 4.09. The van der Waals surface area contributed by atoms with Crippen LogP contribution < -0.4 is 10.2 Å². The molecule has 0 bridgehead atoms. The van der Waals surface area contributed by atoms with E-state index in [4.69, 9.17) is 9.97 Å². The first kappa shape index (κ1) is 24.3. The molecule has 0 saturated carbocycles. The number of benzene rings is 1. The summed E-state index contributed by atoms with van der Waals surface area (Å²) >= 11 is 0. The van der Waals surface area contributed by atoms with E-state index in [2.05, 4.69) is 20.6 Å². The summed E-state index contributed by atoms with van der Waals surface area (Å²) in [6.07, 6.45) is 2.85. The fourth-order valence-corrected chi connectivity index (χ4v) is 4.32. The zero-order valence-corrected chi connectivity index (χ0v) is 21.1. The Bertz CT molecular complexity index is 1490. The Labute approximate surface area is 203 Å². The highest BCUT2D eigenvalue weighted by molar-refractivity contribution is 7.90. The highest BCUT2D eigenvalue weighted by Gasteiger charge is 2.24. The Morgan fingerprint density at radius 3 is 2.46 bits per heavy atom. The third-order valence-electron chi connectivity index (χ3n) is 5.43. The molecule has 1 aromatic carbocycles. The number of aromatic amines is 1. The van der Waals surface area contributed by atoms with Gasteiger partial charge in [0.25, 0.3) is 0 Å². The number of anilines is 4. The van der Waals surface area contributed by atoms with Gasteiger partial charge >= 0.3 is 0 Å². The number of nitrogens with zero attached hydrogens (tertiary/aromatic N) is 6. The number of sulfone groups is 1. The van der Waals surface area contributed by atoms with Crippen LogP contribution in [0.25, 0.3) is 11.4 Å². The summed E-state index contributed by atoms with van der Waals surface area (Å²) < 4.78 is 40.3. The van der Waals surface area contributed by atoms with Crippen molar-refractivity contribution < 1.29 is 12.8 Å². The van der Waals surface area contributed by atoms with Crippen molar-refractivity contribution in [3.05, 3.63) is 53.6 Å². The Balaban J connectivity index is 1.89. The molecule has 0 atom stereocenters. The summed E-state index contributed by atoms with van der Waals surface area (Å²) in [6.45, 7) is 5.95. The van der Waals surface area contributed by atoms with Gasteiger partial charge in [-0.05, 0) is 37.1 Å². The van der Waals surface area contributed by atoms with Gasteiger partial charge in [-0.15, -0.1) is 0 Å². The molecule has 4 aromatic rings. The molecule has 0 unspecified atom stereocenters. The fourth-order valence-electron chi connectivity index (χ4n) is 3.69. The number of aromatic nitrogens is 6. The van der Waals surface area contributed by atoms with Gasteiger partial charge < -0.3 is 10.2 Å². The Morgan fingerprint density at radius 1 is 1.17 bits per heavy atom. The zero-order valence-electron chi connectivity index (χ0n) is 20.3. The van der Waals surface area contributed by atoms with Crippen LogP contribution in [0.5, 0.6) is 0 Å². The second kappa shape index (κ2) is 9.10. The molecule has 35 heavy (non-hydrogen) atoms. The van der Waals surface area contributed by atoms with Crippen molar-refractivity contribution in [2.45, 2.75) is 31.6 Å². The van der Waals surface area contributed by atoms with Crippen molar-refractivity contribution in [1.82, 2.24) is 29.9 Å². The zero-order chi connectivity index (χ0) is 25.5.